The molecule has 0 atom stereocenters. The van der Waals surface area contributed by atoms with Crippen LogP contribution in [-0.2, 0) is 6.42 Å². The van der Waals surface area contributed by atoms with Crippen LogP contribution in [0.3, 0.4) is 0 Å². The highest BCUT2D eigenvalue weighted by Crippen LogP contribution is 2.26. The molecule has 0 unspecified atom stereocenters. The van der Waals surface area contributed by atoms with Crippen LogP contribution in [0.1, 0.15) is 31.0 Å². The third-order valence-electron chi connectivity index (χ3n) is 2.93. The van der Waals surface area contributed by atoms with Crippen LogP contribution in [0.15, 0.2) is 34.2 Å². The Morgan fingerprint density at radius 1 is 1.29 bits per heavy atom. The maximum atomic E-state index is 11.7. The topological polar surface area (TPSA) is 45.8 Å². The van der Waals surface area contributed by atoms with E-state index in [-0.39, 0.29) is 5.56 Å². The number of benzene rings is 1. The lowest BCUT2D eigenvalue weighted by atomic mass is 10.1. The molecule has 1 heterocycles. The summed E-state index contributed by atoms with van der Waals surface area (Å²) in [4.78, 5) is 19.0. The van der Waals surface area contributed by atoms with Gasteiger partial charge in [-0.2, -0.15) is 0 Å². The molecule has 0 spiro atoms. The van der Waals surface area contributed by atoms with Gasteiger partial charge in [-0.3, -0.25) is 4.79 Å². The van der Waals surface area contributed by atoms with E-state index >= 15 is 0 Å². The summed E-state index contributed by atoms with van der Waals surface area (Å²) in [5.41, 5.74) is 1.32. The van der Waals surface area contributed by atoms with Crippen molar-refractivity contribution in [2.24, 2.45) is 0 Å². The second kappa shape index (κ2) is 7.87. The van der Waals surface area contributed by atoms with Crippen molar-refractivity contribution in [3.63, 3.8) is 0 Å². The number of H-pyrrole nitrogens is 1. The molecule has 0 saturated heterocycles. The number of thioether (sulfide) groups is 1. The van der Waals surface area contributed by atoms with Crippen molar-refractivity contribution in [3.05, 3.63) is 55.9 Å². The normalized spacial score (nSPS) is 10.8. The van der Waals surface area contributed by atoms with Crippen molar-refractivity contribution in [2.75, 3.05) is 5.75 Å². The zero-order valence-corrected chi connectivity index (χ0v) is 14.0. The van der Waals surface area contributed by atoms with Crippen LogP contribution in [-0.4, -0.2) is 15.7 Å². The number of rotatable bonds is 6. The fraction of sp³-hybridized carbons (Fsp3) is 0.333. The Balaban J connectivity index is 2.22. The molecule has 21 heavy (non-hydrogen) atoms. The third-order valence-corrected chi connectivity index (χ3v) is 4.60. The number of halogens is 2. The second-order valence-electron chi connectivity index (χ2n) is 4.62. The number of hydrogen-bond acceptors (Lipinski definition) is 3. The molecular formula is C15H16Cl2N2OS. The maximum absolute atomic E-state index is 11.7. The molecule has 2 aromatic rings. The Morgan fingerprint density at radius 3 is 2.67 bits per heavy atom. The summed E-state index contributed by atoms with van der Waals surface area (Å²) >= 11 is 13.9. The molecule has 0 amide bonds. The van der Waals surface area contributed by atoms with Gasteiger partial charge in [-0.05, 0) is 24.1 Å². The van der Waals surface area contributed by atoms with E-state index < -0.39 is 0 Å². The fourth-order valence-corrected chi connectivity index (χ4v) is 3.35. The molecule has 6 heteroatoms. The van der Waals surface area contributed by atoms with Crippen molar-refractivity contribution >= 4 is 35.0 Å². The largest absolute Gasteiger partial charge is 0.301 e. The zero-order chi connectivity index (χ0) is 15.2. The number of nitrogens with zero attached hydrogens (tertiary/aromatic N) is 1. The minimum absolute atomic E-state index is 0.151. The van der Waals surface area contributed by atoms with E-state index in [1.807, 2.05) is 0 Å². The molecule has 1 aromatic heterocycles. The van der Waals surface area contributed by atoms with Gasteiger partial charge in [0.05, 0.1) is 5.69 Å². The number of aromatic nitrogens is 2. The summed E-state index contributed by atoms with van der Waals surface area (Å²) in [7, 11) is 0. The molecule has 0 saturated carbocycles. The summed E-state index contributed by atoms with van der Waals surface area (Å²) in [6, 6.07) is 6.86. The van der Waals surface area contributed by atoms with Gasteiger partial charge >= 0.3 is 0 Å². The predicted molar refractivity (Wildman–Crippen MR) is 89.8 cm³/mol. The summed E-state index contributed by atoms with van der Waals surface area (Å²) < 4.78 is 0. The van der Waals surface area contributed by atoms with Crippen LogP contribution >= 0.6 is 35.0 Å². The zero-order valence-electron chi connectivity index (χ0n) is 11.7. The lowest BCUT2D eigenvalue weighted by Crippen LogP contribution is -2.10. The Hall–Kier alpha value is -0.970. The quantitative estimate of drug-likeness (QED) is 0.475. The van der Waals surface area contributed by atoms with Crippen LogP contribution in [0.2, 0.25) is 10.0 Å². The molecule has 0 aliphatic rings. The first kappa shape index (κ1) is 16.4. The fourth-order valence-electron chi connectivity index (χ4n) is 1.84. The highest BCUT2D eigenvalue weighted by atomic mass is 35.5. The summed E-state index contributed by atoms with van der Waals surface area (Å²) in [5.74, 6) is 0.940. The monoisotopic (exact) mass is 342 g/mol. The molecule has 0 aliphatic heterocycles. The van der Waals surface area contributed by atoms with Crippen molar-refractivity contribution in [3.8, 4) is 0 Å². The predicted octanol–water partition coefficient (Wildman–Crippen LogP) is 4.56. The van der Waals surface area contributed by atoms with E-state index in [2.05, 4.69) is 16.9 Å². The minimum atomic E-state index is -0.151. The van der Waals surface area contributed by atoms with E-state index in [9.17, 15) is 4.79 Å². The van der Waals surface area contributed by atoms with Crippen molar-refractivity contribution in [2.45, 2.75) is 31.3 Å². The third kappa shape index (κ3) is 4.77. The average molecular weight is 343 g/mol. The van der Waals surface area contributed by atoms with Gasteiger partial charge in [-0.25, -0.2) is 4.98 Å². The first-order chi connectivity index (χ1) is 10.1. The molecular weight excluding hydrogens is 327 g/mol. The summed E-state index contributed by atoms with van der Waals surface area (Å²) in [5, 5.41) is 1.82. The standard InChI is InChI=1S/C15H16Cl2N2OS/c1-2-3-7-21-15-18-10(9-14(20)19-15)8-11-12(16)5-4-6-13(11)17/h4-6,9H,2-3,7-8H2,1H3,(H,18,19,20). The van der Waals surface area contributed by atoms with Gasteiger partial charge < -0.3 is 4.98 Å². The van der Waals surface area contributed by atoms with Gasteiger partial charge in [-0.15, -0.1) is 0 Å². The molecule has 0 aliphatic carbocycles. The van der Waals surface area contributed by atoms with Gasteiger partial charge in [0.15, 0.2) is 5.16 Å². The number of hydrogen-bond donors (Lipinski definition) is 1. The van der Waals surface area contributed by atoms with E-state index in [1.165, 1.54) is 6.07 Å². The highest BCUT2D eigenvalue weighted by molar-refractivity contribution is 7.99. The van der Waals surface area contributed by atoms with Gasteiger partial charge in [0, 0.05) is 28.3 Å². The van der Waals surface area contributed by atoms with Crippen molar-refractivity contribution < 1.29 is 0 Å². The van der Waals surface area contributed by atoms with E-state index in [0.717, 1.165) is 24.2 Å². The highest BCUT2D eigenvalue weighted by Gasteiger charge is 2.09. The molecule has 0 fully saturated rings. The second-order valence-corrected chi connectivity index (χ2v) is 6.52. The van der Waals surface area contributed by atoms with Crippen LogP contribution < -0.4 is 5.56 Å². The van der Waals surface area contributed by atoms with Crippen molar-refractivity contribution in [1.29, 1.82) is 0 Å². The number of unbranched alkanes of at least 4 members (excludes halogenated alkanes) is 1. The molecule has 112 valence electrons. The maximum Gasteiger partial charge on any atom is 0.251 e. The van der Waals surface area contributed by atoms with Gasteiger partial charge in [0.25, 0.3) is 5.56 Å². The molecule has 3 nitrogen and oxygen atoms in total. The Kier molecular flexibility index (Phi) is 6.15. The van der Waals surface area contributed by atoms with E-state index in [4.69, 9.17) is 23.2 Å². The van der Waals surface area contributed by atoms with Crippen molar-refractivity contribution in [1.82, 2.24) is 9.97 Å². The van der Waals surface area contributed by atoms with Crippen LogP contribution in [0, 0.1) is 0 Å². The number of aromatic amines is 1. The Labute approximate surface area is 138 Å². The van der Waals surface area contributed by atoms with Gasteiger partial charge in [0.2, 0.25) is 0 Å². The lowest BCUT2D eigenvalue weighted by molar-refractivity contribution is 0.864. The van der Waals surface area contributed by atoms with Crippen LogP contribution in [0.25, 0.3) is 0 Å². The molecule has 1 N–H and O–H groups in total. The smallest absolute Gasteiger partial charge is 0.251 e. The first-order valence-corrected chi connectivity index (χ1v) is 8.50. The van der Waals surface area contributed by atoms with E-state index in [0.29, 0.717) is 27.3 Å². The van der Waals surface area contributed by atoms with Gasteiger partial charge in [0.1, 0.15) is 0 Å². The molecule has 0 radical (unpaired) electrons. The Bertz CT molecular complexity index is 653. The molecule has 1 aromatic carbocycles. The summed E-state index contributed by atoms with van der Waals surface area (Å²) in [6.45, 7) is 2.13. The van der Waals surface area contributed by atoms with Crippen LogP contribution in [0.4, 0.5) is 0 Å². The lowest BCUT2D eigenvalue weighted by Gasteiger charge is -2.07. The first-order valence-electron chi connectivity index (χ1n) is 6.76. The average Bonchev–Trinajstić information content (AvgIpc) is 2.43. The SMILES string of the molecule is CCCCSc1nc(Cc2c(Cl)cccc2Cl)cc(=O)[nH]1. The van der Waals surface area contributed by atoms with E-state index in [1.54, 1.807) is 30.0 Å². The van der Waals surface area contributed by atoms with Crippen LogP contribution in [0.5, 0.6) is 0 Å². The molecule has 2 rings (SSSR count). The molecule has 0 bridgehead atoms. The minimum Gasteiger partial charge on any atom is -0.301 e. The summed E-state index contributed by atoms with van der Waals surface area (Å²) in [6.07, 6.45) is 2.66. The van der Waals surface area contributed by atoms with Gasteiger partial charge in [-0.1, -0.05) is 54.4 Å². The Morgan fingerprint density at radius 2 is 2.00 bits per heavy atom. The number of nitrogens with one attached hydrogen (secondary N) is 1.